The minimum Gasteiger partial charge on any atom is -0.348 e. The highest BCUT2D eigenvalue weighted by molar-refractivity contribution is 7.13. The monoisotopic (exact) mass is 485 g/mol. The van der Waals surface area contributed by atoms with Gasteiger partial charge in [-0.2, -0.15) is 5.10 Å². The lowest BCUT2D eigenvalue weighted by molar-refractivity contribution is -0.117. The number of rotatable bonds is 7. The lowest BCUT2D eigenvalue weighted by Crippen LogP contribution is -2.46. The summed E-state index contributed by atoms with van der Waals surface area (Å²) in [5.74, 6) is -0.156. The van der Waals surface area contributed by atoms with Crippen LogP contribution in [0.3, 0.4) is 0 Å². The van der Waals surface area contributed by atoms with Crippen LogP contribution in [0.15, 0.2) is 84.2 Å². The number of aromatic nitrogens is 2. The molecule has 1 fully saturated rings. The largest absolute Gasteiger partial charge is 0.348 e. The molecule has 0 unspecified atom stereocenters. The maximum absolute atomic E-state index is 13.3. The topological polar surface area (TPSA) is 79.3 Å². The van der Waals surface area contributed by atoms with E-state index in [9.17, 15) is 9.59 Å². The average Bonchev–Trinajstić information content (AvgIpc) is 3.57. The fourth-order valence-corrected chi connectivity index (χ4v) is 4.95. The van der Waals surface area contributed by atoms with E-state index in [4.69, 9.17) is 5.10 Å². The number of para-hydroxylation sites is 2. The van der Waals surface area contributed by atoms with Crippen molar-refractivity contribution in [2.24, 2.45) is 0 Å². The van der Waals surface area contributed by atoms with Crippen LogP contribution in [0.4, 0.5) is 5.69 Å². The van der Waals surface area contributed by atoms with Gasteiger partial charge in [0, 0.05) is 24.8 Å². The number of nitrogens with zero attached hydrogens (tertiary/aromatic N) is 3. The Labute approximate surface area is 208 Å². The summed E-state index contributed by atoms with van der Waals surface area (Å²) in [6.45, 7) is 1.86. The molecule has 1 aliphatic heterocycles. The molecular weight excluding hydrogens is 458 g/mol. The number of thiophene rings is 1. The number of anilines is 1. The Morgan fingerprint density at radius 2 is 1.66 bits per heavy atom. The van der Waals surface area contributed by atoms with E-state index >= 15 is 0 Å². The minimum absolute atomic E-state index is 0.0217. The molecule has 0 bridgehead atoms. The number of likely N-dealkylation sites (tertiary alicyclic amines) is 1. The third-order valence-corrected chi connectivity index (χ3v) is 6.96. The summed E-state index contributed by atoms with van der Waals surface area (Å²) in [5, 5.41) is 12.9. The molecule has 4 aromatic rings. The van der Waals surface area contributed by atoms with Crippen molar-refractivity contribution >= 4 is 28.8 Å². The highest BCUT2D eigenvalue weighted by Crippen LogP contribution is 2.26. The molecule has 1 aliphatic rings. The fourth-order valence-electron chi connectivity index (χ4n) is 4.27. The Morgan fingerprint density at radius 1 is 0.943 bits per heavy atom. The molecule has 8 heteroatoms. The summed E-state index contributed by atoms with van der Waals surface area (Å²) in [4.78, 5) is 28.8. The highest BCUT2D eigenvalue weighted by atomic mass is 32.1. The molecule has 3 heterocycles. The molecule has 2 N–H and O–H groups in total. The predicted molar refractivity (Wildman–Crippen MR) is 139 cm³/mol. The normalized spacial score (nSPS) is 14.5. The standard InChI is InChI=1S/C27H27N5O2S/c33-26(28-20-8-3-1-4-9-20)19-31-15-13-21(14-16-31)29-27(34)24-18-23(25-12-7-17-35-25)30-32(24)22-10-5-2-6-11-22/h1-12,17-18,21H,13-16,19H2,(H,28,33)(H,29,34). The van der Waals surface area contributed by atoms with Gasteiger partial charge in [-0.25, -0.2) is 4.68 Å². The van der Waals surface area contributed by atoms with Crippen molar-refractivity contribution in [2.75, 3.05) is 25.0 Å². The number of hydrogen-bond acceptors (Lipinski definition) is 5. The summed E-state index contributed by atoms with van der Waals surface area (Å²) in [5.41, 5.74) is 2.95. The molecule has 1 saturated heterocycles. The maximum atomic E-state index is 13.3. The van der Waals surface area contributed by atoms with E-state index in [0.29, 0.717) is 12.2 Å². The molecule has 0 saturated carbocycles. The highest BCUT2D eigenvalue weighted by Gasteiger charge is 2.25. The van der Waals surface area contributed by atoms with Gasteiger partial charge in [-0.3, -0.25) is 14.5 Å². The number of carbonyl (C=O) groups excluding carboxylic acids is 2. The third kappa shape index (κ3) is 5.67. The molecule has 0 spiro atoms. The number of nitrogens with one attached hydrogen (secondary N) is 2. The Hall–Kier alpha value is -3.75. The van der Waals surface area contributed by atoms with Gasteiger partial charge >= 0.3 is 0 Å². The van der Waals surface area contributed by atoms with Gasteiger partial charge in [0.1, 0.15) is 11.4 Å². The van der Waals surface area contributed by atoms with E-state index in [2.05, 4.69) is 15.5 Å². The van der Waals surface area contributed by atoms with Gasteiger partial charge in [-0.15, -0.1) is 11.3 Å². The van der Waals surface area contributed by atoms with E-state index in [-0.39, 0.29) is 17.9 Å². The number of carbonyl (C=O) groups is 2. The van der Waals surface area contributed by atoms with E-state index in [0.717, 1.165) is 47.9 Å². The van der Waals surface area contributed by atoms with Crippen LogP contribution in [0.2, 0.25) is 0 Å². The second-order valence-electron chi connectivity index (χ2n) is 8.58. The quantitative estimate of drug-likeness (QED) is 0.406. The van der Waals surface area contributed by atoms with E-state index in [1.54, 1.807) is 16.0 Å². The van der Waals surface area contributed by atoms with Gasteiger partial charge in [-0.05, 0) is 54.6 Å². The number of piperidine rings is 1. The van der Waals surface area contributed by atoms with E-state index in [1.807, 2.05) is 84.2 Å². The zero-order valence-electron chi connectivity index (χ0n) is 19.3. The van der Waals surface area contributed by atoms with Crippen LogP contribution in [0, 0.1) is 0 Å². The predicted octanol–water partition coefficient (Wildman–Crippen LogP) is 4.43. The van der Waals surface area contributed by atoms with Crippen molar-refractivity contribution in [1.82, 2.24) is 20.0 Å². The van der Waals surface area contributed by atoms with Crippen molar-refractivity contribution in [2.45, 2.75) is 18.9 Å². The van der Waals surface area contributed by atoms with Gasteiger partial charge in [0.2, 0.25) is 5.91 Å². The summed E-state index contributed by atoms with van der Waals surface area (Å²) < 4.78 is 1.72. The molecule has 178 valence electrons. The lowest BCUT2D eigenvalue weighted by Gasteiger charge is -2.31. The van der Waals surface area contributed by atoms with Gasteiger partial charge in [0.25, 0.3) is 5.91 Å². The molecule has 2 aromatic heterocycles. The first-order valence-electron chi connectivity index (χ1n) is 11.7. The van der Waals surface area contributed by atoms with Crippen molar-refractivity contribution < 1.29 is 9.59 Å². The number of benzene rings is 2. The summed E-state index contributed by atoms with van der Waals surface area (Å²) in [7, 11) is 0. The lowest BCUT2D eigenvalue weighted by atomic mass is 10.0. The second-order valence-corrected chi connectivity index (χ2v) is 9.53. The SMILES string of the molecule is O=C(CN1CCC(NC(=O)c2cc(-c3cccs3)nn2-c2ccccc2)CC1)Nc1ccccc1. The zero-order chi connectivity index (χ0) is 24.0. The maximum Gasteiger partial charge on any atom is 0.270 e. The number of hydrogen-bond donors (Lipinski definition) is 2. The van der Waals surface area contributed by atoms with Gasteiger partial charge in [0.05, 0.1) is 17.1 Å². The van der Waals surface area contributed by atoms with Crippen LogP contribution in [-0.4, -0.2) is 52.2 Å². The van der Waals surface area contributed by atoms with Crippen LogP contribution in [-0.2, 0) is 4.79 Å². The van der Waals surface area contributed by atoms with Gasteiger partial charge < -0.3 is 10.6 Å². The van der Waals surface area contributed by atoms with Crippen molar-refractivity contribution in [3.8, 4) is 16.3 Å². The van der Waals surface area contributed by atoms with Crippen LogP contribution in [0.25, 0.3) is 16.3 Å². The minimum atomic E-state index is -0.135. The molecule has 35 heavy (non-hydrogen) atoms. The molecule has 0 aliphatic carbocycles. The average molecular weight is 486 g/mol. The Kier molecular flexibility index (Phi) is 7.02. The van der Waals surface area contributed by atoms with Crippen molar-refractivity contribution in [1.29, 1.82) is 0 Å². The fraction of sp³-hybridized carbons (Fsp3) is 0.222. The smallest absolute Gasteiger partial charge is 0.270 e. The number of amides is 2. The molecular formula is C27H27N5O2S. The van der Waals surface area contributed by atoms with Crippen LogP contribution in [0.1, 0.15) is 23.3 Å². The van der Waals surface area contributed by atoms with E-state index in [1.165, 1.54) is 0 Å². The summed E-state index contributed by atoms with van der Waals surface area (Å²) in [6, 6.07) is 25.1. The van der Waals surface area contributed by atoms with Crippen molar-refractivity contribution in [3.05, 3.63) is 89.9 Å². The Morgan fingerprint density at radius 3 is 2.34 bits per heavy atom. The molecule has 5 rings (SSSR count). The second kappa shape index (κ2) is 10.7. The molecule has 0 radical (unpaired) electrons. The molecule has 7 nitrogen and oxygen atoms in total. The molecule has 2 amide bonds. The van der Waals surface area contributed by atoms with Crippen LogP contribution in [0.5, 0.6) is 0 Å². The third-order valence-electron chi connectivity index (χ3n) is 6.06. The van der Waals surface area contributed by atoms with Crippen LogP contribution < -0.4 is 10.6 Å². The van der Waals surface area contributed by atoms with E-state index < -0.39 is 0 Å². The van der Waals surface area contributed by atoms with Gasteiger partial charge in [-0.1, -0.05) is 42.5 Å². The first-order chi connectivity index (χ1) is 17.2. The Bertz CT molecular complexity index is 1260. The molecule has 2 aromatic carbocycles. The first kappa shape index (κ1) is 23.0. The zero-order valence-corrected chi connectivity index (χ0v) is 20.1. The Balaban J connectivity index is 1.21. The first-order valence-corrected chi connectivity index (χ1v) is 12.6. The van der Waals surface area contributed by atoms with Crippen LogP contribution >= 0.6 is 11.3 Å². The summed E-state index contributed by atoms with van der Waals surface area (Å²) >= 11 is 1.60. The van der Waals surface area contributed by atoms with Gasteiger partial charge in [0.15, 0.2) is 0 Å². The molecule has 0 atom stereocenters. The summed E-state index contributed by atoms with van der Waals surface area (Å²) in [6.07, 6.45) is 1.59. The van der Waals surface area contributed by atoms with Crippen molar-refractivity contribution in [3.63, 3.8) is 0 Å².